The summed E-state index contributed by atoms with van der Waals surface area (Å²) in [5, 5.41) is 0. The summed E-state index contributed by atoms with van der Waals surface area (Å²) in [6, 6.07) is 0. The third-order valence-corrected chi connectivity index (χ3v) is 3.25. The summed E-state index contributed by atoms with van der Waals surface area (Å²) in [6.45, 7) is 13.5. The van der Waals surface area contributed by atoms with Gasteiger partial charge in [0.1, 0.15) is 23.0 Å². The fourth-order valence-electron chi connectivity index (χ4n) is 1.81. The molecule has 14 heavy (non-hydrogen) atoms. The molecule has 0 N–H and O–H groups in total. The lowest BCUT2D eigenvalue weighted by Gasteiger charge is -2.42. The molecular weight excluding hydrogens is 291 g/mol. The molecule has 3 nitrogen and oxygen atoms in total. The highest BCUT2D eigenvalue weighted by Crippen LogP contribution is 2.15. The highest BCUT2D eigenvalue weighted by atomic mass is 127. The predicted molar refractivity (Wildman–Crippen MR) is 67.7 cm³/mol. The van der Waals surface area contributed by atoms with Crippen molar-refractivity contribution in [3.63, 3.8) is 0 Å². The standard InChI is InChI=1S/C10H21IN2O/c1-10(2,3)13-6-4-12(5-7-13)8-9-14-11/h4-9H2,1-3H3. The molecule has 0 saturated carbocycles. The van der Waals surface area contributed by atoms with Gasteiger partial charge in [0, 0.05) is 38.3 Å². The van der Waals surface area contributed by atoms with E-state index in [4.69, 9.17) is 3.07 Å². The van der Waals surface area contributed by atoms with Crippen molar-refractivity contribution in [1.29, 1.82) is 0 Å². The normalized spacial score (nSPS) is 21.4. The summed E-state index contributed by atoms with van der Waals surface area (Å²) in [4.78, 5) is 5.02. The molecule has 0 atom stereocenters. The van der Waals surface area contributed by atoms with E-state index in [-0.39, 0.29) is 0 Å². The molecule has 0 aliphatic carbocycles. The van der Waals surface area contributed by atoms with E-state index in [1.54, 1.807) is 0 Å². The molecule has 0 amide bonds. The number of nitrogens with zero attached hydrogens (tertiary/aromatic N) is 2. The molecule has 0 aromatic rings. The Balaban J connectivity index is 2.24. The summed E-state index contributed by atoms with van der Waals surface area (Å²) >= 11 is 1.96. The van der Waals surface area contributed by atoms with Gasteiger partial charge in [0.2, 0.25) is 0 Å². The van der Waals surface area contributed by atoms with Crippen molar-refractivity contribution in [1.82, 2.24) is 9.80 Å². The molecule has 0 aromatic carbocycles. The van der Waals surface area contributed by atoms with Crippen LogP contribution < -0.4 is 0 Å². The van der Waals surface area contributed by atoms with Gasteiger partial charge in [-0.15, -0.1) is 0 Å². The molecular formula is C10H21IN2O. The second-order valence-corrected chi connectivity index (χ2v) is 5.44. The van der Waals surface area contributed by atoms with Crippen LogP contribution in [-0.4, -0.2) is 54.7 Å². The van der Waals surface area contributed by atoms with Gasteiger partial charge in [-0.3, -0.25) is 9.80 Å². The first-order valence-electron chi connectivity index (χ1n) is 5.25. The number of rotatable bonds is 3. The fraction of sp³-hybridized carbons (Fsp3) is 1.00. The van der Waals surface area contributed by atoms with Gasteiger partial charge in [-0.2, -0.15) is 0 Å². The van der Waals surface area contributed by atoms with Crippen LogP contribution in [0.2, 0.25) is 0 Å². The Morgan fingerprint density at radius 3 is 2.14 bits per heavy atom. The summed E-state index contributed by atoms with van der Waals surface area (Å²) in [5.74, 6) is 0. The topological polar surface area (TPSA) is 15.7 Å². The van der Waals surface area contributed by atoms with E-state index in [0.717, 1.165) is 13.2 Å². The Morgan fingerprint density at radius 1 is 1.14 bits per heavy atom. The number of hydrogen-bond donors (Lipinski definition) is 0. The second-order valence-electron chi connectivity index (χ2n) is 4.81. The van der Waals surface area contributed by atoms with E-state index in [1.165, 1.54) is 26.2 Å². The first-order chi connectivity index (χ1) is 6.54. The molecule has 1 heterocycles. The number of piperazine rings is 1. The smallest absolute Gasteiger partial charge is 0.109 e. The van der Waals surface area contributed by atoms with Crippen molar-refractivity contribution in [3.8, 4) is 0 Å². The van der Waals surface area contributed by atoms with Crippen molar-refractivity contribution in [2.75, 3.05) is 39.3 Å². The van der Waals surface area contributed by atoms with Gasteiger partial charge >= 0.3 is 0 Å². The lowest BCUT2D eigenvalue weighted by molar-refractivity contribution is 0.0588. The van der Waals surface area contributed by atoms with E-state index < -0.39 is 0 Å². The van der Waals surface area contributed by atoms with Gasteiger partial charge in [0.05, 0.1) is 6.61 Å². The molecule has 0 aromatic heterocycles. The van der Waals surface area contributed by atoms with E-state index in [2.05, 4.69) is 30.6 Å². The largest absolute Gasteiger partial charge is 0.314 e. The Bertz CT molecular complexity index is 162. The first-order valence-corrected chi connectivity index (χ1v) is 6.13. The molecule has 0 radical (unpaired) electrons. The molecule has 84 valence electrons. The van der Waals surface area contributed by atoms with Gasteiger partial charge in [-0.1, -0.05) is 0 Å². The average molecular weight is 312 g/mol. The summed E-state index contributed by atoms with van der Waals surface area (Å²) in [7, 11) is 0. The Labute approximate surface area is 101 Å². The molecule has 1 saturated heterocycles. The maximum atomic E-state index is 5.05. The Kier molecular flexibility index (Phi) is 5.10. The van der Waals surface area contributed by atoms with Crippen LogP contribution in [0.25, 0.3) is 0 Å². The average Bonchev–Trinajstić information content (AvgIpc) is 2.14. The van der Waals surface area contributed by atoms with Gasteiger partial charge in [-0.05, 0) is 20.8 Å². The number of hydrogen-bond acceptors (Lipinski definition) is 3. The van der Waals surface area contributed by atoms with Crippen molar-refractivity contribution in [3.05, 3.63) is 0 Å². The molecule has 0 bridgehead atoms. The van der Waals surface area contributed by atoms with Crippen LogP contribution in [0, 0.1) is 0 Å². The van der Waals surface area contributed by atoms with Crippen molar-refractivity contribution in [2.45, 2.75) is 26.3 Å². The Morgan fingerprint density at radius 2 is 1.71 bits per heavy atom. The lowest BCUT2D eigenvalue weighted by Crippen LogP contribution is -2.53. The molecule has 4 heteroatoms. The van der Waals surface area contributed by atoms with Gasteiger partial charge in [-0.25, -0.2) is 0 Å². The van der Waals surface area contributed by atoms with E-state index >= 15 is 0 Å². The third-order valence-electron chi connectivity index (χ3n) is 2.81. The minimum absolute atomic E-state index is 0.325. The summed E-state index contributed by atoms with van der Waals surface area (Å²) < 4.78 is 5.05. The zero-order valence-electron chi connectivity index (χ0n) is 9.42. The highest BCUT2D eigenvalue weighted by molar-refractivity contribution is 14.1. The predicted octanol–water partition coefficient (Wildman–Crippen LogP) is 1.77. The first kappa shape index (κ1) is 12.7. The van der Waals surface area contributed by atoms with Crippen molar-refractivity contribution >= 4 is 23.0 Å². The quantitative estimate of drug-likeness (QED) is 0.739. The third kappa shape index (κ3) is 4.00. The van der Waals surface area contributed by atoms with E-state index in [1.807, 2.05) is 23.0 Å². The molecule has 1 fully saturated rings. The zero-order valence-corrected chi connectivity index (χ0v) is 11.6. The van der Waals surface area contributed by atoms with E-state index in [0.29, 0.717) is 5.54 Å². The maximum absolute atomic E-state index is 5.05. The molecule has 0 unspecified atom stereocenters. The van der Waals surface area contributed by atoms with Gasteiger partial charge < -0.3 is 3.07 Å². The maximum Gasteiger partial charge on any atom is 0.109 e. The highest BCUT2D eigenvalue weighted by Gasteiger charge is 2.25. The van der Waals surface area contributed by atoms with Crippen molar-refractivity contribution in [2.24, 2.45) is 0 Å². The van der Waals surface area contributed by atoms with Crippen LogP contribution in [0.3, 0.4) is 0 Å². The second kappa shape index (κ2) is 5.63. The Hall–Kier alpha value is 0.610. The van der Waals surface area contributed by atoms with Crippen LogP contribution in [0.1, 0.15) is 20.8 Å². The van der Waals surface area contributed by atoms with Crippen LogP contribution in [0.5, 0.6) is 0 Å². The SMILES string of the molecule is CC(C)(C)N1CCN(CCOI)CC1. The van der Waals surface area contributed by atoms with E-state index in [9.17, 15) is 0 Å². The summed E-state index contributed by atoms with van der Waals surface area (Å²) in [5.41, 5.74) is 0.325. The van der Waals surface area contributed by atoms with Gasteiger partial charge in [0.25, 0.3) is 0 Å². The monoisotopic (exact) mass is 312 g/mol. The van der Waals surface area contributed by atoms with Crippen LogP contribution >= 0.6 is 23.0 Å². The fourth-order valence-corrected chi connectivity index (χ4v) is 2.00. The molecule has 0 spiro atoms. The van der Waals surface area contributed by atoms with Gasteiger partial charge in [0.15, 0.2) is 0 Å². The van der Waals surface area contributed by atoms with Crippen molar-refractivity contribution < 1.29 is 3.07 Å². The summed E-state index contributed by atoms with van der Waals surface area (Å²) in [6.07, 6.45) is 0. The van der Waals surface area contributed by atoms with Crippen LogP contribution in [0.4, 0.5) is 0 Å². The zero-order chi connectivity index (χ0) is 10.6. The van der Waals surface area contributed by atoms with Crippen LogP contribution in [0.15, 0.2) is 0 Å². The lowest BCUT2D eigenvalue weighted by atomic mass is 10.1. The number of halogens is 1. The molecule has 1 rings (SSSR count). The minimum Gasteiger partial charge on any atom is -0.314 e. The molecule has 1 aliphatic rings. The molecule has 1 aliphatic heterocycles. The van der Waals surface area contributed by atoms with Crippen LogP contribution in [-0.2, 0) is 3.07 Å². The minimum atomic E-state index is 0.325.